The van der Waals surface area contributed by atoms with Crippen molar-refractivity contribution < 1.29 is 5.11 Å². The van der Waals surface area contributed by atoms with Gasteiger partial charge in [0, 0.05) is 0 Å². The molecule has 1 N–H and O–H groups in total. The number of aliphatic imine (C=N–C) groups is 1. The molecule has 0 aromatic heterocycles. The highest BCUT2D eigenvalue weighted by molar-refractivity contribution is 6.09. The number of rotatable bonds is 5. The maximum absolute atomic E-state index is 8.86. The summed E-state index contributed by atoms with van der Waals surface area (Å²) in [6, 6.07) is 0. The Hall–Kier alpha value is -1.41. The monoisotopic (exact) mass is 207 g/mol. The Balaban J connectivity index is 0. The Labute approximate surface area is 93.1 Å². The Morgan fingerprint density at radius 2 is 1.80 bits per heavy atom. The van der Waals surface area contributed by atoms with Crippen molar-refractivity contribution in [1.82, 2.24) is 0 Å². The van der Waals surface area contributed by atoms with Gasteiger partial charge in [-0.15, -0.1) is 0 Å². The Bertz CT molecular complexity index is 272. The second-order valence-electron chi connectivity index (χ2n) is 2.37. The van der Waals surface area contributed by atoms with Crippen LogP contribution in [-0.2, 0) is 0 Å². The molecule has 0 rings (SSSR count). The highest BCUT2D eigenvalue weighted by atomic mass is 16.3. The van der Waals surface area contributed by atoms with E-state index in [4.69, 9.17) is 5.11 Å². The van der Waals surface area contributed by atoms with Crippen LogP contribution in [-0.4, -0.2) is 17.4 Å². The van der Waals surface area contributed by atoms with Gasteiger partial charge in [0.25, 0.3) is 0 Å². The maximum Gasteiger partial charge on any atom is 0.0849 e. The van der Waals surface area contributed by atoms with Crippen LogP contribution < -0.4 is 0 Å². The summed E-state index contributed by atoms with van der Waals surface area (Å²) < 4.78 is 0. The summed E-state index contributed by atoms with van der Waals surface area (Å²) in [5.74, 6) is 0. The van der Waals surface area contributed by atoms with Crippen molar-refractivity contribution in [3.05, 3.63) is 49.2 Å². The van der Waals surface area contributed by atoms with E-state index in [1.165, 1.54) is 0 Å². The van der Waals surface area contributed by atoms with Gasteiger partial charge in [-0.1, -0.05) is 45.7 Å². The largest absolute Gasteiger partial charge is 0.390 e. The number of aliphatic hydroxyl groups excluding tert-OH is 1. The van der Waals surface area contributed by atoms with Crippen LogP contribution in [0.25, 0.3) is 0 Å². The molecule has 0 saturated heterocycles. The second kappa shape index (κ2) is 10.7. The van der Waals surface area contributed by atoms with Crippen molar-refractivity contribution >= 4 is 5.71 Å². The van der Waals surface area contributed by atoms with Gasteiger partial charge >= 0.3 is 0 Å². The van der Waals surface area contributed by atoms with Crippen molar-refractivity contribution in [3.8, 4) is 0 Å². The van der Waals surface area contributed by atoms with E-state index in [2.05, 4.69) is 24.7 Å². The first-order valence-electron chi connectivity index (χ1n) is 4.98. The van der Waals surface area contributed by atoms with Crippen molar-refractivity contribution in [3.63, 3.8) is 0 Å². The molecule has 0 radical (unpaired) electrons. The van der Waals surface area contributed by atoms with E-state index in [9.17, 15) is 0 Å². The van der Waals surface area contributed by atoms with Crippen molar-refractivity contribution in [2.75, 3.05) is 6.61 Å². The standard InChI is InChI=1S/C11H15NO.C2H6/c1-5-9(4)11(7-3)12-10(6-2)8-13;1-2/h5-7,13H,1,3-4,8H2,2H3;1-2H3/b10-6-,12-11?;. The van der Waals surface area contributed by atoms with Crippen molar-refractivity contribution in [1.29, 1.82) is 0 Å². The second-order valence-corrected chi connectivity index (χ2v) is 2.37. The van der Waals surface area contributed by atoms with Crippen LogP contribution in [0.3, 0.4) is 0 Å². The number of hydrogen-bond donors (Lipinski definition) is 1. The summed E-state index contributed by atoms with van der Waals surface area (Å²) in [5, 5.41) is 8.86. The predicted octanol–water partition coefficient (Wildman–Crippen LogP) is 3.28. The summed E-state index contributed by atoms with van der Waals surface area (Å²) in [4.78, 5) is 4.14. The molecule has 0 aliphatic rings. The van der Waals surface area contributed by atoms with Crippen LogP contribution in [0.15, 0.2) is 54.2 Å². The van der Waals surface area contributed by atoms with Gasteiger partial charge in [-0.05, 0) is 18.6 Å². The molecule has 0 aliphatic heterocycles. The Kier molecular flexibility index (Phi) is 11.4. The summed E-state index contributed by atoms with van der Waals surface area (Å²) in [7, 11) is 0. The van der Waals surface area contributed by atoms with Crippen LogP contribution in [0.5, 0.6) is 0 Å². The normalized spacial score (nSPS) is 11.2. The number of hydrogen-bond acceptors (Lipinski definition) is 2. The van der Waals surface area contributed by atoms with Gasteiger partial charge < -0.3 is 5.11 Å². The van der Waals surface area contributed by atoms with Gasteiger partial charge in [0.1, 0.15) is 0 Å². The summed E-state index contributed by atoms with van der Waals surface area (Å²) in [6.07, 6.45) is 4.92. The predicted molar refractivity (Wildman–Crippen MR) is 69.2 cm³/mol. The molecule has 0 bridgehead atoms. The van der Waals surface area contributed by atoms with Gasteiger partial charge in [0.05, 0.1) is 18.0 Å². The van der Waals surface area contributed by atoms with E-state index in [1.807, 2.05) is 20.8 Å². The number of nitrogens with zero attached hydrogens (tertiary/aromatic N) is 1. The fraction of sp³-hybridized carbons (Fsp3) is 0.308. The number of allylic oxidation sites excluding steroid dienone is 4. The molecule has 84 valence electrons. The third-order valence-electron chi connectivity index (χ3n) is 1.53. The Morgan fingerprint density at radius 3 is 2.07 bits per heavy atom. The van der Waals surface area contributed by atoms with E-state index in [0.29, 0.717) is 17.0 Å². The van der Waals surface area contributed by atoms with Gasteiger partial charge in [0.2, 0.25) is 0 Å². The Morgan fingerprint density at radius 1 is 1.27 bits per heavy atom. The molecular weight excluding hydrogens is 186 g/mol. The lowest BCUT2D eigenvalue weighted by Gasteiger charge is -2.01. The molecule has 15 heavy (non-hydrogen) atoms. The zero-order chi connectivity index (χ0) is 12.3. The molecule has 0 fully saturated rings. The average Bonchev–Trinajstić information content (AvgIpc) is 2.32. The molecular formula is C13H21NO. The lowest BCUT2D eigenvalue weighted by atomic mass is 10.2. The topological polar surface area (TPSA) is 32.6 Å². The first kappa shape index (κ1) is 16.0. The number of aliphatic hydroxyl groups is 1. The SMILES string of the molecule is C=CC(=C)C(C=C)=N/C(=C\C)CO.CC. The van der Waals surface area contributed by atoms with Gasteiger partial charge in [-0.3, -0.25) is 4.99 Å². The van der Waals surface area contributed by atoms with E-state index in [0.717, 1.165) is 0 Å². The van der Waals surface area contributed by atoms with E-state index in [-0.39, 0.29) is 6.61 Å². The summed E-state index contributed by atoms with van der Waals surface area (Å²) in [5.41, 5.74) is 1.93. The van der Waals surface area contributed by atoms with Crippen LogP contribution in [0.1, 0.15) is 20.8 Å². The minimum Gasteiger partial charge on any atom is -0.390 e. The molecule has 0 aromatic rings. The minimum absolute atomic E-state index is 0.0851. The fourth-order valence-corrected chi connectivity index (χ4v) is 0.699. The molecule has 0 aliphatic carbocycles. The fourth-order valence-electron chi connectivity index (χ4n) is 0.699. The zero-order valence-electron chi connectivity index (χ0n) is 9.95. The molecule has 2 heteroatoms. The molecule has 0 aromatic carbocycles. The summed E-state index contributed by atoms with van der Waals surface area (Å²) >= 11 is 0. The van der Waals surface area contributed by atoms with Gasteiger partial charge in [-0.2, -0.15) is 0 Å². The van der Waals surface area contributed by atoms with E-state index in [1.54, 1.807) is 18.2 Å². The van der Waals surface area contributed by atoms with Gasteiger partial charge in [-0.25, -0.2) is 0 Å². The third-order valence-corrected chi connectivity index (χ3v) is 1.53. The minimum atomic E-state index is -0.0851. The first-order chi connectivity index (χ1) is 7.19. The highest BCUT2D eigenvalue weighted by Gasteiger charge is 1.97. The molecule has 0 unspecified atom stereocenters. The van der Waals surface area contributed by atoms with Crippen LogP contribution in [0.2, 0.25) is 0 Å². The smallest absolute Gasteiger partial charge is 0.0849 e. The van der Waals surface area contributed by atoms with E-state index >= 15 is 0 Å². The summed E-state index contributed by atoms with van der Waals surface area (Å²) in [6.45, 7) is 16.6. The molecule has 0 heterocycles. The third kappa shape index (κ3) is 6.63. The molecule has 0 spiro atoms. The van der Waals surface area contributed by atoms with Crippen LogP contribution >= 0.6 is 0 Å². The lowest BCUT2D eigenvalue weighted by Crippen LogP contribution is -1.97. The zero-order valence-corrected chi connectivity index (χ0v) is 9.95. The first-order valence-corrected chi connectivity index (χ1v) is 4.98. The van der Waals surface area contributed by atoms with E-state index < -0.39 is 0 Å². The lowest BCUT2D eigenvalue weighted by molar-refractivity contribution is 0.330. The van der Waals surface area contributed by atoms with Gasteiger partial charge in [0.15, 0.2) is 0 Å². The molecule has 0 atom stereocenters. The highest BCUT2D eigenvalue weighted by Crippen LogP contribution is 2.03. The molecule has 0 amide bonds. The van der Waals surface area contributed by atoms with Crippen molar-refractivity contribution in [2.24, 2.45) is 4.99 Å². The van der Waals surface area contributed by atoms with Crippen LogP contribution in [0.4, 0.5) is 0 Å². The quantitative estimate of drug-likeness (QED) is 0.544. The molecule has 0 saturated carbocycles. The van der Waals surface area contributed by atoms with Crippen molar-refractivity contribution in [2.45, 2.75) is 20.8 Å². The maximum atomic E-state index is 8.86. The average molecular weight is 207 g/mol. The van der Waals surface area contributed by atoms with Crippen LogP contribution in [0, 0.1) is 0 Å². The molecule has 2 nitrogen and oxygen atoms in total.